The highest BCUT2D eigenvalue weighted by Crippen LogP contribution is 2.41. The van der Waals surface area contributed by atoms with E-state index in [1.807, 2.05) is 0 Å². The van der Waals surface area contributed by atoms with Gasteiger partial charge in [0.1, 0.15) is 11.6 Å². The molecule has 15 heavy (non-hydrogen) atoms. The van der Waals surface area contributed by atoms with E-state index in [4.69, 9.17) is 5.73 Å². The molecule has 1 aromatic rings. The topological polar surface area (TPSA) is 26.0 Å². The van der Waals surface area contributed by atoms with Gasteiger partial charge in [-0.2, -0.15) is 0 Å². The van der Waals surface area contributed by atoms with Crippen LogP contribution >= 0.6 is 0 Å². The molecule has 0 spiro atoms. The van der Waals surface area contributed by atoms with Crippen LogP contribution in [-0.2, 0) is 5.41 Å². The summed E-state index contributed by atoms with van der Waals surface area (Å²) in [5.74, 6) is -0.713. The summed E-state index contributed by atoms with van der Waals surface area (Å²) >= 11 is 0. The maximum absolute atomic E-state index is 13.6. The molecular weight excluding hydrogens is 196 g/mol. The van der Waals surface area contributed by atoms with E-state index >= 15 is 0 Å². The van der Waals surface area contributed by atoms with Gasteiger partial charge in [-0.1, -0.05) is 12.8 Å². The monoisotopic (exact) mass is 211 g/mol. The molecule has 3 heteroatoms. The molecule has 1 saturated carbocycles. The third-order valence-electron chi connectivity index (χ3n) is 3.45. The first kappa shape index (κ1) is 10.6. The summed E-state index contributed by atoms with van der Waals surface area (Å²) in [5.41, 5.74) is 5.86. The second kappa shape index (κ2) is 3.89. The minimum absolute atomic E-state index is 0.327. The Morgan fingerprint density at radius 3 is 2.47 bits per heavy atom. The van der Waals surface area contributed by atoms with E-state index in [0.29, 0.717) is 12.1 Å². The number of halogens is 2. The van der Waals surface area contributed by atoms with Crippen LogP contribution in [0, 0.1) is 11.6 Å². The SMILES string of the molecule is NCC1(c2cc(F)ccc2F)CCCC1. The molecule has 82 valence electrons. The van der Waals surface area contributed by atoms with Crippen molar-refractivity contribution in [2.45, 2.75) is 31.1 Å². The molecule has 1 nitrogen and oxygen atoms in total. The Bertz CT molecular complexity index is 357. The predicted octanol–water partition coefficient (Wildman–Crippen LogP) is 2.74. The van der Waals surface area contributed by atoms with E-state index in [0.717, 1.165) is 31.7 Å². The van der Waals surface area contributed by atoms with Crippen LogP contribution in [-0.4, -0.2) is 6.54 Å². The number of rotatable bonds is 2. The van der Waals surface area contributed by atoms with E-state index in [2.05, 4.69) is 0 Å². The number of hydrogen-bond acceptors (Lipinski definition) is 1. The van der Waals surface area contributed by atoms with E-state index in [1.54, 1.807) is 0 Å². The first-order chi connectivity index (χ1) is 7.18. The van der Waals surface area contributed by atoms with Gasteiger partial charge in [0.2, 0.25) is 0 Å². The fraction of sp³-hybridized carbons (Fsp3) is 0.500. The molecule has 0 saturated heterocycles. The lowest BCUT2D eigenvalue weighted by Gasteiger charge is -2.28. The molecule has 0 bridgehead atoms. The van der Waals surface area contributed by atoms with Crippen molar-refractivity contribution in [2.24, 2.45) is 5.73 Å². The van der Waals surface area contributed by atoms with Gasteiger partial charge in [-0.05, 0) is 36.6 Å². The third-order valence-corrected chi connectivity index (χ3v) is 3.45. The Hall–Kier alpha value is -0.960. The largest absolute Gasteiger partial charge is 0.330 e. The minimum atomic E-state index is -0.383. The second-order valence-corrected chi connectivity index (χ2v) is 4.32. The molecule has 0 atom stereocenters. The highest BCUT2D eigenvalue weighted by molar-refractivity contribution is 5.29. The quantitative estimate of drug-likeness (QED) is 0.799. The number of benzene rings is 1. The molecule has 2 N–H and O–H groups in total. The predicted molar refractivity (Wildman–Crippen MR) is 55.6 cm³/mol. The van der Waals surface area contributed by atoms with Gasteiger partial charge in [-0.25, -0.2) is 8.78 Å². The van der Waals surface area contributed by atoms with Crippen molar-refractivity contribution in [3.63, 3.8) is 0 Å². The van der Waals surface area contributed by atoms with Crippen LogP contribution in [0.5, 0.6) is 0 Å². The van der Waals surface area contributed by atoms with Gasteiger partial charge >= 0.3 is 0 Å². The van der Waals surface area contributed by atoms with Gasteiger partial charge in [-0.3, -0.25) is 0 Å². The van der Waals surface area contributed by atoms with E-state index in [-0.39, 0.29) is 17.0 Å². The zero-order chi connectivity index (χ0) is 10.9. The molecule has 2 rings (SSSR count). The average Bonchev–Trinajstić information content (AvgIpc) is 2.71. The van der Waals surface area contributed by atoms with Crippen molar-refractivity contribution in [3.8, 4) is 0 Å². The van der Waals surface area contributed by atoms with Crippen molar-refractivity contribution in [3.05, 3.63) is 35.4 Å². The molecule has 0 aliphatic heterocycles. The zero-order valence-corrected chi connectivity index (χ0v) is 8.60. The lowest BCUT2D eigenvalue weighted by molar-refractivity contribution is 0.423. The van der Waals surface area contributed by atoms with Crippen molar-refractivity contribution in [1.29, 1.82) is 0 Å². The van der Waals surface area contributed by atoms with Gasteiger partial charge in [0.25, 0.3) is 0 Å². The first-order valence-corrected chi connectivity index (χ1v) is 5.33. The maximum Gasteiger partial charge on any atom is 0.127 e. The fourth-order valence-corrected chi connectivity index (χ4v) is 2.54. The summed E-state index contributed by atoms with van der Waals surface area (Å²) in [6, 6.07) is 3.64. The first-order valence-electron chi connectivity index (χ1n) is 5.33. The van der Waals surface area contributed by atoms with Crippen LogP contribution in [0.3, 0.4) is 0 Å². The van der Waals surface area contributed by atoms with Crippen LogP contribution in [0.1, 0.15) is 31.2 Å². The van der Waals surface area contributed by atoms with E-state index in [9.17, 15) is 8.78 Å². The normalized spacial score (nSPS) is 19.4. The van der Waals surface area contributed by atoms with Gasteiger partial charge in [0.05, 0.1) is 0 Å². The molecule has 0 aromatic heterocycles. The minimum Gasteiger partial charge on any atom is -0.330 e. The van der Waals surface area contributed by atoms with Crippen molar-refractivity contribution >= 4 is 0 Å². The van der Waals surface area contributed by atoms with Crippen LogP contribution in [0.15, 0.2) is 18.2 Å². The summed E-state index contributed by atoms with van der Waals surface area (Å²) in [4.78, 5) is 0. The Labute approximate surface area is 88.3 Å². The molecule has 1 aliphatic rings. The summed E-state index contributed by atoms with van der Waals surface area (Å²) in [6.07, 6.45) is 3.83. The Morgan fingerprint density at radius 1 is 1.20 bits per heavy atom. The molecule has 1 aliphatic carbocycles. The molecule has 0 radical (unpaired) electrons. The van der Waals surface area contributed by atoms with Crippen molar-refractivity contribution in [1.82, 2.24) is 0 Å². The fourth-order valence-electron chi connectivity index (χ4n) is 2.54. The third kappa shape index (κ3) is 1.76. The van der Waals surface area contributed by atoms with Crippen LogP contribution in [0.2, 0.25) is 0 Å². The van der Waals surface area contributed by atoms with E-state index < -0.39 is 0 Å². The van der Waals surface area contributed by atoms with Gasteiger partial charge < -0.3 is 5.73 Å². The highest BCUT2D eigenvalue weighted by atomic mass is 19.1. The number of nitrogens with two attached hydrogens (primary N) is 1. The average molecular weight is 211 g/mol. The Kier molecular flexibility index (Phi) is 2.74. The van der Waals surface area contributed by atoms with Gasteiger partial charge in [0.15, 0.2) is 0 Å². The molecule has 0 heterocycles. The van der Waals surface area contributed by atoms with Crippen molar-refractivity contribution < 1.29 is 8.78 Å². The highest BCUT2D eigenvalue weighted by Gasteiger charge is 2.36. The zero-order valence-electron chi connectivity index (χ0n) is 8.60. The molecule has 0 unspecified atom stereocenters. The van der Waals surface area contributed by atoms with Crippen LogP contribution < -0.4 is 5.73 Å². The van der Waals surface area contributed by atoms with Crippen molar-refractivity contribution in [2.75, 3.05) is 6.54 Å². The molecule has 0 amide bonds. The maximum atomic E-state index is 13.6. The van der Waals surface area contributed by atoms with E-state index in [1.165, 1.54) is 12.1 Å². The molecule has 1 fully saturated rings. The lowest BCUT2D eigenvalue weighted by atomic mass is 9.78. The van der Waals surface area contributed by atoms with Gasteiger partial charge in [0, 0.05) is 12.0 Å². The second-order valence-electron chi connectivity index (χ2n) is 4.32. The van der Waals surface area contributed by atoms with Crippen LogP contribution in [0.25, 0.3) is 0 Å². The lowest BCUT2D eigenvalue weighted by Crippen LogP contribution is -2.33. The smallest absolute Gasteiger partial charge is 0.127 e. The Morgan fingerprint density at radius 2 is 1.87 bits per heavy atom. The van der Waals surface area contributed by atoms with Gasteiger partial charge in [-0.15, -0.1) is 0 Å². The summed E-state index contributed by atoms with van der Waals surface area (Å²) in [6.45, 7) is 0.396. The summed E-state index contributed by atoms with van der Waals surface area (Å²) < 4.78 is 26.7. The number of hydrogen-bond donors (Lipinski definition) is 1. The molecular formula is C12H15F2N. The van der Waals surface area contributed by atoms with Crippen LogP contribution in [0.4, 0.5) is 8.78 Å². The standard InChI is InChI=1S/C12H15F2N/c13-9-3-4-11(14)10(7-9)12(8-15)5-1-2-6-12/h3-4,7H,1-2,5-6,8,15H2. The summed E-state index contributed by atoms with van der Waals surface area (Å²) in [5, 5.41) is 0. The Balaban J connectivity index is 2.46. The summed E-state index contributed by atoms with van der Waals surface area (Å²) in [7, 11) is 0. The molecule has 1 aromatic carbocycles.